The molecule has 0 unspecified atom stereocenters. The number of nitrogen functional groups attached to an aromatic ring is 1. The molecular formula is C22H24N2O4S. The molecule has 7 heteroatoms. The molecule has 0 atom stereocenters. The summed E-state index contributed by atoms with van der Waals surface area (Å²) in [7, 11) is -2.33. The van der Waals surface area contributed by atoms with Gasteiger partial charge < -0.3 is 10.5 Å². The molecule has 29 heavy (non-hydrogen) atoms. The molecule has 0 saturated heterocycles. The fourth-order valence-electron chi connectivity index (χ4n) is 3.38. The maximum absolute atomic E-state index is 12.7. The van der Waals surface area contributed by atoms with Crippen LogP contribution in [-0.4, -0.2) is 27.5 Å². The molecule has 2 aromatic rings. The highest BCUT2D eigenvalue weighted by atomic mass is 32.2. The van der Waals surface area contributed by atoms with E-state index in [-0.39, 0.29) is 22.8 Å². The fourth-order valence-corrected chi connectivity index (χ4v) is 4.72. The summed E-state index contributed by atoms with van der Waals surface area (Å²) in [6, 6.07) is 13.8. The monoisotopic (exact) mass is 412 g/mol. The Morgan fingerprint density at radius 3 is 2.38 bits per heavy atom. The number of carbonyl (C=O) groups excluding carboxylic acids is 1. The Kier molecular flexibility index (Phi) is 6.57. The van der Waals surface area contributed by atoms with E-state index in [0.29, 0.717) is 36.9 Å². The number of nitrogens with two attached hydrogens (primary N) is 1. The number of nitrogens with one attached hydrogen (secondary N) is 1. The molecule has 0 bridgehead atoms. The van der Waals surface area contributed by atoms with Crippen molar-refractivity contribution in [2.75, 3.05) is 12.8 Å². The predicted molar refractivity (Wildman–Crippen MR) is 111 cm³/mol. The second-order valence-corrected chi connectivity index (χ2v) is 8.77. The zero-order valence-electron chi connectivity index (χ0n) is 16.2. The number of rotatable bonds is 4. The molecule has 0 radical (unpaired) electrons. The van der Waals surface area contributed by atoms with Crippen LogP contribution in [0.3, 0.4) is 0 Å². The lowest BCUT2D eigenvalue weighted by molar-refractivity contribution is -0.146. The molecule has 0 spiro atoms. The number of hydrogen-bond donors (Lipinski definition) is 2. The Labute approximate surface area is 171 Å². The first-order chi connectivity index (χ1) is 13.9. The normalized spacial score (nSPS) is 19.1. The number of methoxy groups -OCH3 is 1. The van der Waals surface area contributed by atoms with Gasteiger partial charge in [-0.25, -0.2) is 13.1 Å². The van der Waals surface area contributed by atoms with E-state index in [4.69, 9.17) is 10.5 Å². The van der Waals surface area contributed by atoms with Crippen molar-refractivity contribution < 1.29 is 17.9 Å². The third kappa shape index (κ3) is 5.37. The molecule has 3 rings (SSSR count). The highest BCUT2D eigenvalue weighted by molar-refractivity contribution is 7.89. The SMILES string of the molecule is COC(=O)[C@H]1CC[C@H](NS(=O)(=O)c2ccc(C#Cc3ccccc3)c(N)c2)CC1. The minimum absolute atomic E-state index is 0.107. The second kappa shape index (κ2) is 9.12. The molecule has 0 aromatic heterocycles. The van der Waals surface area contributed by atoms with Crippen LogP contribution >= 0.6 is 0 Å². The van der Waals surface area contributed by atoms with Crippen molar-refractivity contribution in [3.8, 4) is 11.8 Å². The van der Waals surface area contributed by atoms with Gasteiger partial charge in [-0.05, 0) is 56.0 Å². The van der Waals surface area contributed by atoms with Crippen LogP contribution in [0.1, 0.15) is 36.8 Å². The van der Waals surface area contributed by atoms with Gasteiger partial charge in [0.2, 0.25) is 10.0 Å². The van der Waals surface area contributed by atoms with Gasteiger partial charge in [0.25, 0.3) is 0 Å². The van der Waals surface area contributed by atoms with Crippen LogP contribution in [0.25, 0.3) is 0 Å². The molecular weight excluding hydrogens is 388 g/mol. The molecule has 1 aliphatic rings. The summed E-state index contributed by atoms with van der Waals surface area (Å²) in [6.45, 7) is 0. The van der Waals surface area contributed by atoms with Crippen LogP contribution in [0, 0.1) is 17.8 Å². The van der Waals surface area contributed by atoms with E-state index in [9.17, 15) is 13.2 Å². The summed E-state index contributed by atoms with van der Waals surface area (Å²) in [4.78, 5) is 11.7. The van der Waals surface area contributed by atoms with E-state index in [2.05, 4.69) is 16.6 Å². The van der Waals surface area contributed by atoms with E-state index in [0.717, 1.165) is 5.56 Å². The Bertz CT molecular complexity index is 1030. The largest absolute Gasteiger partial charge is 0.469 e. The van der Waals surface area contributed by atoms with Crippen LogP contribution in [-0.2, 0) is 19.6 Å². The lowest BCUT2D eigenvalue weighted by Crippen LogP contribution is -2.38. The number of benzene rings is 2. The van der Waals surface area contributed by atoms with Crippen LogP contribution in [0.2, 0.25) is 0 Å². The number of ether oxygens (including phenoxy) is 1. The summed E-state index contributed by atoms with van der Waals surface area (Å²) < 4.78 is 32.9. The first kappa shape index (κ1) is 20.9. The van der Waals surface area contributed by atoms with Gasteiger partial charge in [0.05, 0.1) is 17.9 Å². The van der Waals surface area contributed by atoms with Crippen molar-refractivity contribution in [1.29, 1.82) is 0 Å². The Morgan fingerprint density at radius 1 is 1.07 bits per heavy atom. The molecule has 152 valence electrons. The Hall–Kier alpha value is -2.82. The molecule has 2 aromatic carbocycles. The molecule has 1 saturated carbocycles. The van der Waals surface area contributed by atoms with E-state index in [1.54, 1.807) is 6.07 Å². The van der Waals surface area contributed by atoms with Gasteiger partial charge in [0, 0.05) is 22.9 Å². The first-order valence-corrected chi connectivity index (χ1v) is 10.9. The van der Waals surface area contributed by atoms with Gasteiger partial charge in [0.1, 0.15) is 0 Å². The zero-order chi connectivity index (χ0) is 20.9. The van der Waals surface area contributed by atoms with Gasteiger partial charge in [-0.1, -0.05) is 30.0 Å². The maximum Gasteiger partial charge on any atom is 0.308 e. The summed E-state index contributed by atoms with van der Waals surface area (Å²) in [6.07, 6.45) is 2.40. The highest BCUT2D eigenvalue weighted by Crippen LogP contribution is 2.27. The number of sulfonamides is 1. The first-order valence-electron chi connectivity index (χ1n) is 9.46. The second-order valence-electron chi connectivity index (χ2n) is 7.06. The van der Waals surface area contributed by atoms with E-state index in [1.807, 2.05) is 30.3 Å². The lowest BCUT2D eigenvalue weighted by Gasteiger charge is -2.27. The van der Waals surface area contributed by atoms with Crippen molar-refractivity contribution in [3.05, 3.63) is 59.7 Å². The van der Waals surface area contributed by atoms with Crippen LogP contribution in [0.5, 0.6) is 0 Å². The Balaban J connectivity index is 1.68. The van der Waals surface area contributed by atoms with Crippen molar-refractivity contribution in [1.82, 2.24) is 4.72 Å². The molecule has 0 aliphatic heterocycles. The van der Waals surface area contributed by atoms with Gasteiger partial charge >= 0.3 is 5.97 Å². The summed E-state index contributed by atoms with van der Waals surface area (Å²) in [5, 5.41) is 0. The molecule has 3 N–H and O–H groups in total. The summed E-state index contributed by atoms with van der Waals surface area (Å²) in [5.41, 5.74) is 7.78. The number of anilines is 1. The quantitative estimate of drug-likeness (QED) is 0.457. The van der Waals surface area contributed by atoms with Crippen molar-refractivity contribution >= 4 is 21.7 Å². The van der Waals surface area contributed by atoms with Gasteiger partial charge in [-0.15, -0.1) is 0 Å². The average Bonchev–Trinajstić information content (AvgIpc) is 2.73. The summed E-state index contributed by atoms with van der Waals surface area (Å²) >= 11 is 0. The van der Waals surface area contributed by atoms with Crippen LogP contribution < -0.4 is 10.5 Å². The van der Waals surface area contributed by atoms with E-state index >= 15 is 0 Å². The number of esters is 1. The fraction of sp³-hybridized carbons (Fsp3) is 0.318. The summed E-state index contributed by atoms with van der Waals surface area (Å²) in [5.74, 6) is 5.60. The maximum atomic E-state index is 12.7. The number of carbonyl (C=O) groups is 1. The van der Waals surface area contributed by atoms with Crippen molar-refractivity contribution in [2.24, 2.45) is 5.92 Å². The third-order valence-electron chi connectivity index (χ3n) is 5.03. The smallest absolute Gasteiger partial charge is 0.308 e. The molecule has 6 nitrogen and oxygen atoms in total. The number of hydrogen-bond acceptors (Lipinski definition) is 5. The van der Waals surface area contributed by atoms with E-state index in [1.165, 1.54) is 19.2 Å². The molecule has 0 amide bonds. The minimum Gasteiger partial charge on any atom is -0.469 e. The topological polar surface area (TPSA) is 98.5 Å². The average molecular weight is 413 g/mol. The van der Waals surface area contributed by atoms with Gasteiger partial charge in [0.15, 0.2) is 0 Å². The van der Waals surface area contributed by atoms with Gasteiger partial charge in [-0.2, -0.15) is 0 Å². The standard InChI is InChI=1S/C22H24N2O4S/c1-28-22(25)18-9-12-19(13-10-18)24-29(26,27)20-14-11-17(21(23)15-20)8-7-16-5-3-2-4-6-16/h2-6,11,14-15,18-19,24H,9-10,12-13,23H2,1H3/t18-,19-. The Morgan fingerprint density at radius 2 is 1.76 bits per heavy atom. The zero-order valence-corrected chi connectivity index (χ0v) is 17.0. The minimum atomic E-state index is -3.70. The third-order valence-corrected chi connectivity index (χ3v) is 6.55. The van der Waals surface area contributed by atoms with Crippen LogP contribution in [0.15, 0.2) is 53.4 Å². The van der Waals surface area contributed by atoms with Crippen molar-refractivity contribution in [2.45, 2.75) is 36.6 Å². The highest BCUT2D eigenvalue weighted by Gasteiger charge is 2.29. The van der Waals surface area contributed by atoms with E-state index < -0.39 is 10.0 Å². The molecule has 0 heterocycles. The van der Waals surface area contributed by atoms with Crippen molar-refractivity contribution in [3.63, 3.8) is 0 Å². The van der Waals surface area contributed by atoms with Gasteiger partial charge in [-0.3, -0.25) is 4.79 Å². The molecule has 1 fully saturated rings. The molecule has 1 aliphatic carbocycles. The van der Waals surface area contributed by atoms with Crippen LogP contribution in [0.4, 0.5) is 5.69 Å². The lowest BCUT2D eigenvalue weighted by atomic mass is 9.86. The predicted octanol–water partition coefficient (Wildman–Crippen LogP) is 2.68.